The summed E-state index contributed by atoms with van der Waals surface area (Å²) >= 11 is 0. The number of benzene rings is 11. The van der Waals surface area contributed by atoms with Gasteiger partial charge in [-0.1, -0.05) is 158 Å². The van der Waals surface area contributed by atoms with Crippen LogP contribution in [0.1, 0.15) is 0 Å². The molecule has 13 rings (SSSR count). The molecule has 0 saturated carbocycles. The Labute approximate surface area is 406 Å². The van der Waals surface area contributed by atoms with E-state index >= 15 is 0 Å². The SMILES string of the molecule is c1ccc(-c2ccc(N(c3ccccc3)c3ccc(N(c4ccc(-c5ccccc5)cc4)c4ccc5oc6ccc(-c7ccc8c9ccccc9n(-c9ccccc9)c8c7)cc6c5c4)cc3)cc2)cc1. The van der Waals surface area contributed by atoms with Crippen LogP contribution in [0.15, 0.2) is 277 Å². The topological polar surface area (TPSA) is 24.6 Å². The van der Waals surface area contributed by atoms with Crippen LogP contribution in [0.4, 0.5) is 34.1 Å². The Kier molecular flexibility index (Phi) is 10.1. The zero-order valence-electron chi connectivity index (χ0n) is 38.2. The van der Waals surface area contributed by atoms with Crippen LogP contribution in [0.3, 0.4) is 0 Å². The Morgan fingerprint density at radius 3 is 1.23 bits per heavy atom. The third-order valence-corrected chi connectivity index (χ3v) is 13.6. The van der Waals surface area contributed by atoms with Gasteiger partial charge in [-0.05, 0) is 149 Å². The molecule has 70 heavy (non-hydrogen) atoms. The minimum absolute atomic E-state index is 0.849. The van der Waals surface area contributed by atoms with E-state index in [0.29, 0.717) is 0 Å². The number of anilines is 6. The van der Waals surface area contributed by atoms with E-state index in [2.05, 4.69) is 287 Å². The normalized spacial score (nSPS) is 11.4. The summed E-state index contributed by atoms with van der Waals surface area (Å²) in [5.41, 5.74) is 18.6. The summed E-state index contributed by atoms with van der Waals surface area (Å²) in [6.45, 7) is 0. The Hall–Kier alpha value is -9.38. The molecule has 0 N–H and O–H groups in total. The predicted octanol–water partition coefficient (Wildman–Crippen LogP) is 18.6. The van der Waals surface area contributed by atoms with Crippen molar-refractivity contribution in [2.24, 2.45) is 0 Å². The van der Waals surface area contributed by atoms with Gasteiger partial charge >= 0.3 is 0 Å². The summed E-state index contributed by atoms with van der Waals surface area (Å²) in [7, 11) is 0. The number of furan rings is 1. The second-order valence-electron chi connectivity index (χ2n) is 17.8. The molecule has 11 aromatic carbocycles. The highest BCUT2D eigenvalue weighted by Crippen LogP contribution is 2.43. The van der Waals surface area contributed by atoms with Crippen molar-refractivity contribution < 1.29 is 4.42 Å². The van der Waals surface area contributed by atoms with Crippen molar-refractivity contribution in [1.29, 1.82) is 0 Å². The van der Waals surface area contributed by atoms with Gasteiger partial charge in [0.2, 0.25) is 0 Å². The fourth-order valence-electron chi connectivity index (χ4n) is 10.2. The van der Waals surface area contributed by atoms with Crippen LogP contribution in [0.5, 0.6) is 0 Å². The van der Waals surface area contributed by atoms with Gasteiger partial charge in [0, 0.05) is 61.4 Å². The molecule has 0 atom stereocenters. The molecule has 2 aromatic heterocycles. The smallest absolute Gasteiger partial charge is 0.135 e. The Bertz CT molecular complexity index is 3960. The average Bonchev–Trinajstić information content (AvgIpc) is 3.97. The van der Waals surface area contributed by atoms with Gasteiger partial charge in [0.1, 0.15) is 11.2 Å². The van der Waals surface area contributed by atoms with Gasteiger partial charge in [-0.2, -0.15) is 0 Å². The zero-order chi connectivity index (χ0) is 46.4. The van der Waals surface area contributed by atoms with Crippen LogP contribution in [-0.4, -0.2) is 4.57 Å². The van der Waals surface area contributed by atoms with Gasteiger partial charge in [-0.3, -0.25) is 0 Å². The third kappa shape index (κ3) is 7.36. The van der Waals surface area contributed by atoms with Crippen LogP contribution in [0, 0.1) is 0 Å². The van der Waals surface area contributed by atoms with Crippen molar-refractivity contribution in [1.82, 2.24) is 4.57 Å². The number of hydrogen-bond acceptors (Lipinski definition) is 3. The van der Waals surface area contributed by atoms with Crippen molar-refractivity contribution in [3.63, 3.8) is 0 Å². The summed E-state index contributed by atoms with van der Waals surface area (Å²) < 4.78 is 8.95. The standard InChI is InChI=1S/C66H45N3O/c1-5-15-46(16-6-1)48-25-31-54(32-26-48)67(52-19-9-3-10-20-52)56-35-37-57(38-36-56)68(55-33-27-49(28-34-55)47-17-7-2-8-18-47)58-39-42-66-62(45-58)61-43-50(30-41-65(61)70-66)51-29-40-60-59-23-13-14-24-63(59)69(64(60)44-51)53-21-11-4-12-22-53/h1-45H. The number of aromatic nitrogens is 1. The largest absolute Gasteiger partial charge is 0.456 e. The van der Waals surface area contributed by atoms with Gasteiger partial charge < -0.3 is 18.8 Å². The van der Waals surface area contributed by atoms with Crippen LogP contribution in [-0.2, 0) is 0 Å². The maximum atomic E-state index is 6.57. The lowest BCUT2D eigenvalue weighted by Gasteiger charge is -2.28. The maximum absolute atomic E-state index is 6.57. The van der Waals surface area contributed by atoms with E-state index in [1.807, 2.05) is 0 Å². The Morgan fingerprint density at radius 2 is 0.629 bits per heavy atom. The van der Waals surface area contributed by atoms with Crippen molar-refractivity contribution in [2.75, 3.05) is 9.80 Å². The van der Waals surface area contributed by atoms with Crippen molar-refractivity contribution in [3.05, 3.63) is 273 Å². The fraction of sp³-hybridized carbons (Fsp3) is 0. The molecule has 2 heterocycles. The first kappa shape index (κ1) is 40.9. The minimum Gasteiger partial charge on any atom is -0.456 e. The second-order valence-corrected chi connectivity index (χ2v) is 17.8. The van der Waals surface area contributed by atoms with Crippen LogP contribution in [0.25, 0.3) is 82.8 Å². The quantitative estimate of drug-likeness (QED) is 0.137. The van der Waals surface area contributed by atoms with E-state index < -0.39 is 0 Å². The van der Waals surface area contributed by atoms with E-state index in [1.165, 1.54) is 44.1 Å². The lowest BCUT2D eigenvalue weighted by Crippen LogP contribution is -2.12. The minimum atomic E-state index is 0.849. The van der Waals surface area contributed by atoms with Crippen LogP contribution >= 0.6 is 0 Å². The van der Waals surface area contributed by atoms with Crippen LogP contribution < -0.4 is 9.80 Å². The molecule has 13 aromatic rings. The van der Waals surface area contributed by atoms with Crippen molar-refractivity contribution >= 4 is 77.9 Å². The van der Waals surface area contributed by atoms with Crippen LogP contribution in [0.2, 0.25) is 0 Å². The molecule has 0 fully saturated rings. The first-order valence-electron chi connectivity index (χ1n) is 23.8. The van der Waals surface area contributed by atoms with E-state index in [9.17, 15) is 0 Å². The van der Waals surface area contributed by atoms with Gasteiger partial charge in [-0.15, -0.1) is 0 Å². The summed E-state index contributed by atoms with van der Waals surface area (Å²) in [6.07, 6.45) is 0. The molecular formula is C66H45N3O. The molecule has 330 valence electrons. The molecule has 0 aliphatic carbocycles. The monoisotopic (exact) mass is 895 g/mol. The molecule has 0 radical (unpaired) electrons. The van der Waals surface area contributed by atoms with E-state index in [4.69, 9.17) is 4.42 Å². The second kappa shape index (κ2) is 17.4. The zero-order valence-corrected chi connectivity index (χ0v) is 38.2. The summed E-state index contributed by atoms with van der Waals surface area (Å²) in [4.78, 5) is 4.66. The first-order valence-corrected chi connectivity index (χ1v) is 23.8. The van der Waals surface area contributed by atoms with Gasteiger partial charge in [0.05, 0.1) is 11.0 Å². The number of nitrogens with zero attached hydrogens (tertiary/aromatic N) is 3. The number of hydrogen-bond donors (Lipinski definition) is 0. The number of rotatable bonds is 10. The van der Waals surface area contributed by atoms with Gasteiger partial charge in [-0.25, -0.2) is 0 Å². The molecule has 0 amide bonds. The molecule has 4 nitrogen and oxygen atoms in total. The van der Waals surface area contributed by atoms with Crippen molar-refractivity contribution in [2.45, 2.75) is 0 Å². The highest BCUT2D eigenvalue weighted by Gasteiger charge is 2.20. The molecule has 0 saturated heterocycles. The molecule has 4 heteroatoms. The Balaban J connectivity index is 0.911. The first-order chi connectivity index (χ1) is 34.7. The lowest BCUT2D eigenvalue weighted by molar-refractivity contribution is 0.669. The number of para-hydroxylation sites is 3. The molecule has 0 unspecified atom stereocenters. The van der Waals surface area contributed by atoms with E-state index in [-0.39, 0.29) is 0 Å². The molecule has 0 aliphatic rings. The molecule has 0 spiro atoms. The van der Waals surface area contributed by atoms with Crippen molar-refractivity contribution in [3.8, 4) is 39.1 Å². The third-order valence-electron chi connectivity index (χ3n) is 13.6. The van der Waals surface area contributed by atoms with E-state index in [0.717, 1.165) is 72.9 Å². The summed E-state index contributed by atoms with van der Waals surface area (Å²) in [5.74, 6) is 0. The summed E-state index contributed by atoms with van der Waals surface area (Å²) in [5, 5.41) is 4.61. The number of fused-ring (bicyclic) bond motifs is 6. The maximum Gasteiger partial charge on any atom is 0.135 e. The highest BCUT2D eigenvalue weighted by atomic mass is 16.3. The van der Waals surface area contributed by atoms with Gasteiger partial charge in [0.15, 0.2) is 0 Å². The summed E-state index contributed by atoms with van der Waals surface area (Å²) in [6, 6.07) is 97.7. The molecule has 0 bridgehead atoms. The van der Waals surface area contributed by atoms with Gasteiger partial charge in [0.25, 0.3) is 0 Å². The predicted molar refractivity (Wildman–Crippen MR) is 294 cm³/mol. The lowest BCUT2D eigenvalue weighted by atomic mass is 10.0. The average molecular weight is 896 g/mol. The Morgan fingerprint density at radius 1 is 0.243 bits per heavy atom. The molecular weight excluding hydrogens is 851 g/mol. The van der Waals surface area contributed by atoms with E-state index in [1.54, 1.807) is 0 Å². The molecule has 0 aliphatic heterocycles. The highest BCUT2D eigenvalue weighted by molar-refractivity contribution is 6.11. The fourth-order valence-corrected chi connectivity index (χ4v) is 10.2.